The number of methoxy groups -OCH3 is 2. The molecule has 0 unspecified atom stereocenters. The number of hydrogen-bond donors (Lipinski definition) is 1. The van der Waals surface area contributed by atoms with Crippen molar-refractivity contribution in [3.63, 3.8) is 0 Å². The Morgan fingerprint density at radius 1 is 0.970 bits per heavy atom. The molecule has 174 valence electrons. The van der Waals surface area contributed by atoms with Crippen molar-refractivity contribution < 1.29 is 22.7 Å². The molecule has 0 aliphatic heterocycles. The lowest BCUT2D eigenvalue weighted by molar-refractivity contribution is -0.114. The molecule has 0 bridgehead atoms. The van der Waals surface area contributed by atoms with E-state index in [1.807, 2.05) is 13.8 Å². The lowest BCUT2D eigenvalue weighted by Crippen LogP contribution is -2.38. The van der Waals surface area contributed by atoms with Gasteiger partial charge in [0.2, 0.25) is 5.91 Å². The fourth-order valence-electron chi connectivity index (χ4n) is 3.12. The fourth-order valence-corrected chi connectivity index (χ4v) is 4.71. The van der Waals surface area contributed by atoms with Gasteiger partial charge in [0, 0.05) is 11.1 Å². The lowest BCUT2D eigenvalue weighted by atomic mass is 10.2. The molecular formula is C24H25ClN2O5S. The van der Waals surface area contributed by atoms with Gasteiger partial charge in [0.05, 0.1) is 30.5 Å². The number of carbonyl (C=O) groups is 1. The Hall–Kier alpha value is -3.23. The third kappa shape index (κ3) is 5.58. The number of hydrogen-bond acceptors (Lipinski definition) is 5. The van der Waals surface area contributed by atoms with Gasteiger partial charge in [0.1, 0.15) is 18.0 Å². The van der Waals surface area contributed by atoms with Gasteiger partial charge in [-0.3, -0.25) is 9.10 Å². The van der Waals surface area contributed by atoms with E-state index in [2.05, 4.69) is 5.32 Å². The summed E-state index contributed by atoms with van der Waals surface area (Å²) < 4.78 is 38.5. The third-order valence-electron chi connectivity index (χ3n) is 5.02. The Bertz CT molecular complexity index is 1260. The minimum absolute atomic E-state index is 0.0663. The summed E-state index contributed by atoms with van der Waals surface area (Å²) in [7, 11) is -1.08. The number of nitrogens with one attached hydrogen (secondary N) is 1. The van der Waals surface area contributed by atoms with Crippen LogP contribution in [0, 0.1) is 13.8 Å². The van der Waals surface area contributed by atoms with Crippen LogP contribution in [-0.4, -0.2) is 35.1 Å². The first-order valence-corrected chi connectivity index (χ1v) is 11.8. The number of sulfonamides is 1. The Morgan fingerprint density at radius 2 is 1.67 bits per heavy atom. The topological polar surface area (TPSA) is 84.9 Å². The van der Waals surface area contributed by atoms with Crippen LogP contribution in [-0.2, 0) is 14.8 Å². The van der Waals surface area contributed by atoms with E-state index < -0.39 is 22.5 Å². The normalized spacial score (nSPS) is 11.1. The second-order valence-corrected chi connectivity index (χ2v) is 9.64. The molecule has 0 atom stereocenters. The molecule has 0 saturated heterocycles. The number of carbonyl (C=O) groups excluding carboxylic acids is 1. The minimum Gasteiger partial charge on any atom is -0.497 e. The largest absolute Gasteiger partial charge is 0.497 e. The highest BCUT2D eigenvalue weighted by Crippen LogP contribution is 2.31. The van der Waals surface area contributed by atoms with Crippen molar-refractivity contribution in [1.29, 1.82) is 0 Å². The first kappa shape index (κ1) is 24.4. The van der Waals surface area contributed by atoms with Gasteiger partial charge in [-0.05, 0) is 55.8 Å². The molecule has 0 fully saturated rings. The summed E-state index contributed by atoms with van der Waals surface area (Å²) in [6.45, 7) is 3.20. The Labute approximate surface area is 198 Å². The maximum atomic E-state index is 13.5. The van der Waals surface area contributed by atoms with Gasteiger partial charge in [-0.1, -0.05) is 35.4 Å². The molecule has 3 aromatic rings. The number of anilines is 2. The van der Waals surface area contributed by atoms with Crippen LogP contribution in [0.5, 0.6) is 11.5 Å². The molecule has 0 aromatic heterocycles. The highest BCUT2D eigenvalue weighted by atomic mass is 35.5. The molecule has 1 N–H and O–H groups in total. The number of ether oxygens (including phenoxy) is 2. The van der Waals surface area contributed by atoms with E-state index in [-0.39, 0.29) is 10.6 Å². The number of amides is 1. The van der Waals surface area contributed by atoms with E-state index >= 15 is 0 Å². The van der Waals surface area contributed by atoms with Crippen LogP contribution in [0.2, 0.25) is 5.02 Å². The van der Waals surface area contributed by atoms with Crippen molar-refractivity contribution in [3.8, 4) is 11.5 Å². The molecule has 0 saturated carbocycles. The van der Waals surface area contributed by atoms with Crippen LogP contribution in [0.1, 0.15) is 11.1 Å². The number of rotatable bonds is 8. The van der Waals surface area contributed by atoms with Gasteiger partial charge < -0.3 is 14.8 Å². The first-order valence-electron chi connectivity index (χ1n) is 10.0. The van der Waals surface area contributed by atoms with E-state index in [1.165, 1.54) is 32.4 Å². The molecule has 0 aliphatic carbocycles. The highest BCUT2D eigenvalue weighted by Gasteiger charge is 2.28. The second kappa shape index (κ2) is 10.1. The highest BCUT2D eigenvalue weighted by molar-refractivity contribution is 7.92. The number of aryl methyl sites for hydroxylation is 2. The van der Waals surface area contributed by atoms with Crippen molar-refractivity contribution in [2.24, 2.45) is 0 Å². The van der Waals surface area contributed by atoms with Crippen LogP contribution in [0.25, 0.3) is 0 Å². The van der Waals surface area contributed by atoms with Crippen LogP contribution in [0.4, 0.5) is 11.4 Å². The Balaban J connectivity index is 1.99. The van der Waals surface area contributed by atoms with Gasteiger partial charge in [-0.2, -0.15) is 0 Å². The quantitative estimate of drug-likeness (QED) is 0.492. The zero-order valence-electron chi connectivity index (χ0n) is 18.8. The molecule has 0 radical (unpaired) electrons. The molecule has 3 aromatic carbocycles. The molecule has 9 heteroatoms. The van der Waals surface area contributed by atoms with E-state index in [0.29, 0.717) is 22.2 Å². The summed E-state index contributed by atoms with van der Waals surface area (Å²) >= 11 is 6.26. The molecule has 1 amide bonds. The van der Waals surface area contributed by atoms with Gasteiger partial charge in [-0.15, -0.1) is 0 Å². The monoisotopic (exact) mass is 488 g/mol. The minimum atomic E-state index is -4.06. The molecule has 33 heavy (non-hydrogen) atoms. The third-order valence-corrected chi connectivity index (χ3v) is 7.22. The fraction of sp³-hybridized carbons (Fsp3) is 0.208. The van der Waals surface area contributed by atoms with Gasteiger partial charge in [0.25, 0.3) is 10.0 Å². The maximum absolute atomic E-state index is 13.5. The standard InChI is InChI=1S/C24H25ClN2O5S/c1-16-5-10-20(11-6-16)33(29,30)27(18-8-7-17(2)21(25)13-18)15-24(28)26-22-14-19(31-3)9-12-23(22)32-4/h5-14H,15H2,1-4H3,(H,26,28). The Kier molecular flexibility index (Phi) is 7.50. The molecule has 0 heterocycles. The predicted molar refractivity (Wildman–Crippen MR) is 130 cm³/mol. The van der Waals surface area contributed by atoms with Gasteiger partial charge >= 0.3 is 0 Å². The lowest BCUT2D eigenvalue weighted by Gasteiger charge is -2.25. The van der Waals surface area contributed by atoms with E-state index in [1.54, 1.807) is 42.5 Å². The number of benzene rings is 3. The van der Waals surface area contributed by atoms with Crippen molar-refractivity contribution in [3.05, 3.63) is 76.8 Å². The molecule has 0 aliphatic rings. The zero-order chi connectivity index (χ0) is 24.2. The Morgan fingerprint density at radius 3 is 2.27 bits per heavy atom. The van der Waals surface area contributed by atoms with Crippen LogP contribution >= 0.6 is 11.6 Å². The van der Waals surface area contributed by atoms with Gasteiger partial charge in [-0.25, -0.2) is 8.42 Å². The average Bonchev–Trinajstić information content (AvgIpc) is 2.79. The second-order valence-electron chi connectivity index (χ2n) is 7.37. The van der Waals surface area contributed by atoms with Crippen molar-refractivity contribution in [2.45, 2.75) is 18.7 Å². The van der Waals surface area contributed by atoms with Crippen molar-refractivity contribution in [1.82, 2.24) is 0 Å². The first-order chi connectivity index (χ1) is 15.6. The molecular weight excluding hydrogens is 464 g/mol. The molecule has 7 nitrogen and oxygen atoms in total. The summed E-state index contributed by atoms with van der Waals surface area (Å²) in [4.78, 5) is 13.1. The summed E-state index contributed by atoms with van der Waals surface area (Å²) in [6.07, 6.45) is 0. The van der Waals surface area contributed by atoms with E-state index in [0.717, 1.165) is 15.4 Å². The molecule has 3 rings (SSSR count). The summed E-state index contributed by atoms with van der Waals surface area (Å²) in [5, 5.41) is 3.11. The summed E-state index contributed by atoms with van der Waals surface area (Å²) in [6, 6.07) is 16.2. The van der Waals surface area contributed by atoms with E-state index in [4.69, 9.17) is 21.1 Å². The SMILES string of the molecule is COc1ccc(OC)c(NC(=O)CN(c2ccc(C)c(Cl)c2)S(=O)(=O)c2ccc(C)cc2)c1. The maximum Gasteiger partial charge on any atom is 0.264 e. The smallest absolute Gasteiger partial charge is 0.264 e. The summed E-state index contributed by atoms with van der Waals surface area (Å²) in [5.74, 6) is 0.366. The predicted octanol–water partition coefficient (Wildman–Crippen LogP) is 4.81. The van der Waals surface area contributed by atoms with E-state index in [9.17, 15) is 13.2 Å². The average molecular weight is 489 g/mol. The number of halogens is 1. The van der Waals surface area contributed by atoms with Crippen LogP contribution < -0.4 is 19.1 Å². The van der Waals surface area contributed by atoms with Crippen molar-refractivity contribution in [2.75, 3.05) is 30.4 Å². The molecule has 0 spiro atoms. The number of nitrogens with zero attached hydrogens (tertiary/aromatic N) is 1. The van der Waals surface area contributed by atoms with Crippen LogP contribution in [0.15, 0.2) is 65.6 Å². The van der Waals surface area contributed by atoms with Gasteiger partial charge in [0.15, 0.2) is 0 Å². The van der Waals surface area contributed by atoms with Crippen molar-refractivity contribution >= 4 is 38.9 Å². The summed E-state index contributed by atoms with van der Waals surface area (Å²) in [5.41, 5.74) is 2.34. The van der Waals surface area contributed by atoms with Crippen LogP contribution in [0.3, 0.4) is 0 Å². The zero-order valence-corrected chi connectivity index (χ0v) is 20.3.